The van der Waals surface area contributed by atoms with Gasteiger partial charge >= 0.3 is 5.97 Å². The molecule has 1 aromatic heterocycles. The van der Waals surface area contributed by atoms with Crippen molar-refractivity contribution in [3.63, 3.8) is 0 Å². The summed E-state index contributed by atoms with van der Waals surface area (Å²) in [5, 5.41) is 11.0. The van der Waals surface area contributed by atoms with Gasteiger partial charge in [0.1, 0.15) is 0 Å². The van der Waals surface area contributed by atoms with Crippen molar-refractivity contribution in [2.24, 2.45) is 0 Å². The highest BCUT2D eigenvalue weighted by atomic mass is 16.4. The van der Waals surface area contributed by atoms with Crippen LogP contribution in [0.4, 0.5) is 0 Å². The molecule has 0 saturated carbocycles. The Bertz CT molecular complexity index is 352. The lowest BCUT2D eigenvalue weighted by Gasteiger charge is -2.03. The molecule has 0 radical (unpaired) electrons. The standard InChI is InChI=1S/C11H14N2O3/c14-10(13-6-2-4-11(15)16)7-9-3-1-5-12-8-9/h1,3,5,8H,2,4,6-7H2,(H,13,14)(H,15,16). The number of carbonyl (C=O) groups is 2. The zero-order chi connectivity index (χ0) is 11.8. The Kier molecular flexibility index (Phi) is 4.98. The van der Waals surface area contributed by atoms with Gasteiger partial charge in [-0.3, -0.25) is 14.6 Å². The molecule has 5 heteroatoms. The number of carboxylic acids is 1. The lowest BCUT2D eigenvalue weighted by atomic mass is 10.2. The first-order valence-corrected chi connectivity index (χ1v) is 5.06. The second kappa shape index (κ2) is 6.55. The summed E-state index contributed by atoms with van der Waals surface area (Å²) in [5.74, 6) is -0.958. The normalized spacial score (nSPS) is 9.75. The molecular weight excluding hydrogens is 208 g/mol. The van der Waals surface area contributed by atoms with Gasteiger partial charge in [0.2, 0.25) is 5.91 Å². The van der Waals surface area contributed by atoms with Crippen LogP contribution in [0.3, 0.4) is 0 Å². The summed E-state index contributed by atoms with van der Waals surface area (Å²) in [6, 6.07) is 3.59. The number of carbonyl (C=O) groups excluding carboxylic acids is 1. The Morgan fingerprint density at radius 1 is 1.44 bits per heavy atom. The van der Waals surface area contributed by atoms with Crippen LogP contribution in [0.15, 0.2) is 24.5 Å². The molecule has 0 aliphatic rings. The van der Waals surface area contributed by atoms with Gasteiger partial charge in [-0.25, -0.2) is 0 Å². The van der Waals surface area contributed by atoms with Gasteiger partial charge < -0.3 is 10.4 Å². The number of rotatable bonds is 6. The summed E-state index contributed by atoms with van der Waals surface area (Å²) in [6.07, 6.45) is 4.09. The molecule has 0 aromatic carbocycles. The maximum Gasteiger partial charge on any atom is 0.303 e. The quantitative estimate of drug-likeness (QED) is 0.691. The number of nitrogens with zero attached hydrogens (tertiary/aromatic N) is 1. The van der Waals surface area contributed by atoms with Crippen LogP contribution in [0.5, 0.6) is 0 Å². The minimum Gasteiger partial charge on any atom is -0.481 e. The first-order valence-electron chi connectivity index (χ1n) is 5.06. The number of hydrogen-bond acceptors (Lipinski definition) is 3. The molecule has 0 spiro atoms. The second-order valence-corrected chi connectivity index (χ2v) is 3.39. The fourth-order valence-electron chi connectivity index (χ4n) is 1.22. The highest BCUT2D eigenvalue weighted by molar-refractivity contribution is 5.78. The first kappa shape index (κ1) is 12.2. The van der Waals surface area contributed by atoms with E-state index in [2.05, 4.69) is 10.3 Å². The number of amides is 1. The van der Waals surface area contributed by atoms with E-state index in [4.69, 9.17) is 5.11 Å². The summed E-state index contributed by atoms with van der Waals surface area (Å²) in [4.78, 5) is 25.5. The molecule has 16 heavy (non-hydrogen) atoms. The lowest BCUT2D eigenvalue weighted by molar-refractivity contribution is -0.137. The lowest BCUT2D eigenvalue weighted by Crippen LogP contribution is -2.26. The average Bonchev–Trinajstić information content (AvgIpc) is 2.25. The molecular formula is C11H14N2O3. The number of aromatic nitrogens is 1. The van der Waals surface area contributed by atoms with Gasteiger partial charge in [-0.2, -0.15) is 0 Å². The minimum absolute atomic E-state index is 0.0766. The van der Waals surface area contributed by atoms with Gasteiger partial charge in [-0.1, -0.05) is 6.07 Å². The topological polar surface area (TPSA) is 79.3 Å². The molecule has 86 valence electrons. The predicted molar refractivity (Wildman–Crippen MR) is 57.8 cm³/mol. The Labute approximate surface area is 93.5 Å². The molecule has 0 fully saturated rings. The number of aliphatic carboxylic acids is 1. The minimum atomic E-state index is -0.846. The van der Waals surface area contributed by atoms with Crippen LogP contribution in [0.25, 0.3) is 0 Å². The fourth-order valence-corrected chi connectivity index (χ4v) is 1.22. The van der Waals surface area contributed by atoms with Crippen molar-refractivity contribution < 1.29 is 14.7 Å². The van der Waals surface area contributed by atoms with Crippen molar-refractivity contribution in [1.82, 2.24) is 10.3 Å². The molecule has 1 amide bonds. The fraction of sp³-hybridized carbons (Fsp3) is 0.364. The molecule has 1 rings (SSSR count). The van der Waals surface area contributed by atoms with E-state index in [0.29, 0.717) is 13.0 Å². The van der Waals surface area contributed by atoms with Crippen LogP contribution in [-0.2, 0) is 16.0 Å². The molecule has 0 aliphatic carbocycles. The van der Waals surface area contributed by atoms with Crippen molar-refractivity contribution in [3.8, 4) is 0 Å². The van der Waals surface area contributed by atoms with Crippen molar-refractivity contribution >= 4 is 11.9 Å². The van der Waals surface area contributed by atoms with Gasteiger partial charge in [0.15, 0.2) is 0 Å². The number of pyridine rings is 1. The van der Waals surface area contributed by atoms with Gasteiger partial charge in [0.25, 0.3) is 0 Å². The summed E-state index contributed by atoms with van der Waals surface area (Å²) in [5.41, 5.74) is 0.846. The van der Waals surface area contributed by atoms with Crippen molar-refractivity contribution in [2.75, 3.05) is 6.54 Å². The maximum absolute atomic E-state index is 11.4. The van der Waals surface area contributed by atoms with Gasteiger partial charge in [0, 0.05) is 25.4 Å². The zero-order valence-electron chi connectivity index (χ0n) is 8.85. The molecule has 0 bridgehead atoms. The van der Waals surface area contributed by atoms with Crippen LogP contribution in [0.1, 0.15) is 18.4 Å². The van der Waals surface area contributed by atoms with E-state index < -0.39 is 5.97 Å². The van der Waals surface area contributed by atoms with Gasteiger partial charge in [0.05, 0.1) is 6.42 Å². The SMILES string of the molecule is O=C(O)CCCNC(=O)Cc1cccnc1. The molecule has 0 unspecified atom stereocenters. The largest absolute Gasteiger partial charge is 0.481 e. The molecule has 0 saturated heterocycles. The Morgan fingerprint density at radius 2 is 2.25 bits per heavy atom. The Hall–Kier alpha value is -1.91. The van der Waals surface area contributed by atoms with Gasteiger partial charge in [-0.05, 0) is 18.1 Å². The van der Waals surface area contributed by atoms with E-state index in [1.54, 1.807) is 18.5 Å². The number of hydrogen-bond donors (Lipinski definition) is 2. The van der Waals surface area contributed by atoms with E-state index in [1.807, 2.05) is 6.07 Å². The van der Waals surface area contributed by atoms with Crippen LogP contribution in [-0.4, -0.2) is 28.5 Å². The molecule has 1 heterocycles. The van der Waals surface area contributed by atoms with E-state index >= 15 is 0 Å². The van der Waals surface area contributed by atoms with Crippen LogP contribution >= 0.6 is 0 Å². The summed E-state index contributed by atoms with van der Waals surface area (Å²) in [7, 11) is 0. The van der Waals surface area contributed by atoms with Crippen molar-refractivity contribution in [1.29, 1.82) is 0 Å². The molecule has 2 N–H and O–H groups in total. The van der Waals surface area contributed by atoms with Crippen LogP contribution in [0.2, 0.25) is 0 Å². The zero-order valence-corrected chi connectivity index (χ0v) is 8.85. The monoisotopic (exact) mass is 222 g/mol. The number of nitrogens with one attached hydrogen (secondary N) is 1. The highest BCUT2D eigenvalue weighted by Crippen LogP contribution is 1.96. The van der Waals surface area contributed by atoms with E-state index in [1.165, 1.54) is 0 Å². The highest BCUT2D eigenvalue weighted by Gasteiger charge is 2.03. The summed E-state index contributed by atoms with van der Waals surface area (Å²) >= 11 is 0. The molecule has 0 aliphatic heterocycles. The number of carboxylic acid groups (broad SMARTS) is 1. The predicted octanol–water partition coefficient (Wildman–Crippen LogP) is 0.605. The molecule has 5 nitrogen and oxygen atoms in total. The summed E-state index contributed by atoms with van der Waals surface area (Å²) < 4.78 is 0. The Morgan fingerprint density at radius 3 is 2.88 bits per heavy atom. The maximum atomic E-state index is 11.4. The summed E-state index contributed by atoms with van der Waals surface area (Å²) in [6.45, 7) is 0.394. The van der Waals surface area contributed by atoms with Crippen LogP contribution < -0.4 is 5.32 Å². The van der Waals surface area contributed by atoms with Gasteiger partial charge in [-0.15, -0.1) is 0 Å². The van der Waals surface area contributed by atoms with E-state index in [-0.39, 0.29) is 18.7 Å². The van der Waals surface area contributed by atoms with E-state index in [9.17, 15) is 9.59 Å². The van der Waals surface area contributed by atoms with Crippen molar-refractivity contribution in [3.05, 3.63) is 30.1 Å². The van der Waals surface area contributed by atoms with Crippen molar-refractivity contribution in [2.45, 2.75) is 19.3 Å². The smallest absolute Gasteiger partial charge is 0.303 e. The van der Waals surface area contributed by atoms with E-state index in [0.717, 1.165) is 5.56 Å². The Balaban J connectivity index is 2.19. The first-order chi connectivity index (χ1) is 7.68. The molecule has 1 aromatic rings. The third kappa shape index (κ3) is 5.09. The average molecular weight is 222 g/mol. The third-order valence-electron chi connectivity index (χ3n) is 1.98. The second-order valence-electron chi connectivity index (χ2n) is 3.39. The van der Waals surface area contributed by atoms with Crippen LogP contribution in [0, 0.1) is 0 Å². The third-order valence-corrected chi connectivity index (χ3v) is 1.98. The molecule has 0 atom stereocenters.